The van der Waals surface area contributed by atoms with E-state index in [1.54, 1.807) is 0 Å². The van der Waals surface area contributed by atoms with Gasteiger partial charge in [0.25, 0.3) is 0 Å². The monoisotopic (exact) mass is 215 g/mol. The highest BCUT2D eigenvalue weighted by molar-refractivity contribution is 5.19. The molecular weight excluding hydrogens is 194 g/mol. The van der Waals surface area contributed by atoms with Gasteiger partial charge in [0.15, 0.2) is 0 Å². The Labute approximate surface area is 98.6 Å². The molecule has 0 aromatic heterocycles. The average molecular weight is 215 g/mol. The zero-order valence-electron chi connectivity index (χ0n) is 10.0. The summed E-state index contributed by atoms with van der Waals surface area (Å²) >= 11 is 0. The minimum Gasteiger partial charge on any atom is -0.313 e. The van der Waals surface area contributed by atoms with Gasteiger partial charge in [-0.1, -0.05) is 49.4 Å². The van der Waals surface area contributed by atoms with Crippen LogP contribution in [0.3, 0.4) is 0 Å². The summed E-state index contributed by atoms with van der Waals surface area (Å²) in [5.74, 6) is 0.604. The lowest BCUT2D eigenvalue weighted by molar-refractivity contribution is 0.459. The molecule has 2 rings (SSSR count). The molecule has 0 aliphatic heterocycles. The summed E-state index contributed by atoms with van der Waals surface area (Å²) in [7, 11) is 0. The summed E-state index contributed by atoms with van der Waals surface area (Å²) in [4.78, 5) is 0. The van der Waals surface area contributed by atoms with Crippen LogP contribution in [0.2, 0.25) is 0 Å². The molecular formula is C15H21N. The molecule has 1 aromatic carbocycles. The van der Waals surface area contributed by atoms with E-state index in [2.05, 4.69) is 54.7 Å². The quantitative estimate of drug-likeness (QED) is 0.758. The summed E-state index contributed by atoms with van der Waals surface area (Å²) in [6.45, 7) is 3.38. The summed E-state index contributed by atoms with van der Waals surface area (Å²) in [6, 6.07) is 11.4. The average Bonchev–Trinajstić information content (AvgIpc) is 2.38. The van der Waals surface area contributed by atoms with E-state index in [9.17, 15) is 0 Å². The zero-order chi connectivity index (χ0) is 11.2. The van der Waals surface area contributed by atoms with Crippen molar-refractivity contribution in [3.8, 4) is 0 Å². The second-order valence-corrected chi connectivity index (χ2v) is 4.70. The topological polar surface area (TPSA) is 12.0 Å². The molecule has 0 bridgehead atoms. The molecule has 1 aliphatic rings. The van der Waals surface area contributed by atoms with Crippen LogP contribution in [-0.2, 0) is 0 Å². The van der Waals surface area contributed by atoms with E-state index in [0.29, 0.717) is 12.0 Å². The van der Waals surface area contributed by atoms with Gasteiger partial charge in [0.05, 0.1) is 0 Å². The Balaban J connectivity index is 1.79. The fourth-order valence-electron chi connectivity index (χ4n) is 2.22. The first-order valence-corrected chi connectivity index (χ1v) is 6.29. The molecule has 0 saturated carbocycles. The maximum absolute atomic E-state index is 3.67. The first-order chi connectivity index (χ1) is 7.86. The smallest absolute Gasteiger partial charge is 0.0105 e. The molecule has 16 heavy (non-hydrogen) atoms. The maximum Gasteiger partial charge on any atom is 0.0105 e. The van der Waals surface area contributed by atoms with E-state index in [-0.39, 0.29) is 0 Å². The molecule has 1 N–H and O–H groups in total. The fraction of sp³-hybridized carbons (Fsp3) is 0.467. The van der Waals surface area contributed by atoms with Crippen LogP contribution in [0.15, 0.2) is 42.5 Å². The Bertz CT molecular complexity index is 329. The highest BCUT2D eigenvalue weighted by Crippen LogP contribution is 2.15. The van der Waals surface area contributed by atoms with Gasteiger partial charge in [-0.2, -0.15) is 0 Å². The first kappa shape index (κ1) is 11.4. The van der Waals surface area contributed by atoms with Gasteiger partial charge in [-0.05, 0) is 30.7 Å². The van der Waals surface area contributed by atoms with E-state index in [0.717, 1.165) is 6.54 Å². The van der Waals surface area contributed by atoms with Crippen molar-refractivity contribution in [1.29, 1.82) is 0 Å². The van der Waals surface area contributed by atoms with Crippen molar-refractivity contribution in [2.45, 2.75) is 38.1 Å². The van der Waals surface area contributed by atoms with Gasteiger partial charge >= 0.3 is 0 Å². The minimum atomic E-state index is 0.604. The molecule has 0 fully saturated rings. The van der Waals surface area contributed by atoms with Crippen molar-refractivity contribution in [1.82, 2.24) is 5.32 Å². The lowest BCUT2D eigenvalue weighted by Gasteiger charge is -2.22. The predicted molar refractivity (Wildman–Crippen MR) is 69.6 cm³/mol. The lowest BCUT2D eigenvalue weighted by atomic mass is 9.98. The third kappa shape index (κ3) is 3.21. The summed E-state index contributed by atoms with van der Waals surface area (Å²) in [6.07, 6.45) is 8.31. The molecule has 1 heteroatoms. The predicted octanol–water partition coefficient (Wildman–Crippen LogP) is 3.49. The Hall–Kier alpha value is -1.08. The van der Waals surface area contributed by atoms with Gasteiger partial charge in [-0.25, -0.2) is 0 Å². The lowest BCUT2D eigenvalue weighted by Crippen LogP contribution is -2.32. The zero-order valence-corrected chi connectivity index (χ0v) is 10.0. The van der Waals surface area contributed by atoms with E-state index in [1.165, 1.54) is 24.8 Å². The second kappa shape index (κ2) is 5.86. The molecule has 0 heterocycles. The summed E-state index contributed by atoms with van der Waals surface area (Å²) < 4.78 is 0. The van der Waals surface area contributed by atoms with Crippen LogP contribution < -0.4 is 5.32 Å². The maximum atomic E-state index is 3.67. The highest BCUT2D eigenvalue weighted by Gasteiger charge is 2.11. The molecule has 2 atom stereocenters. The Morgan fingerprint density at radius 1 is 1.25 bits per heavy atom. The molecule has 0 saturated heterocycles. The summed E-state index contributed by atoms with van der Waals surface area (Å²) in [5.41, 5.74) is 1.43. The van der Waals surface area contributed by atoms with Crippen LogP contribution >= 0.6 is 0 Å². The van der Waals surface area contributed by atoms with Gasteiger partial charge < -0.3 is 5.32 Å². The van der Waals surface area contributed by atoms with Crippen molar-refractivity contribution in [3.63, 3.8) is 0 Å². The van der Waals surface area contributed by atoms with Gasteiger partial charge in [-0.15, -0.1) is 0 Å². The minimum absolute atomic E-state index is 0.604. The Morgan fingerprint density at radius 2 is 2.06 bits per heavy atom. The molecule has 0 amide bonds. The number of hydrogen-bond donors (Lipinski definition) is 1. The molecule has 0 radical (unpaired) electrons. The standard InChI is InChI=1S/C15H21N/c1-13(14-8-4-2-5-9-14)12-16-15-10-6-3-7-11-15/h2-6,8-9,13,15-16H,7,10-12H2,1H3. The van der Waals surface area contributed by atoms with Gasteiger partial charge in [-0.3, -0.25) is 0 Å². The van der Waals surface area contributed by atoms with Gasteiger partial charge in [0.1, 0.15) is 0 Å². The second-order valence-electron chi connectivity index (χ2n) is 4.70. The molecule has 1 nitrogen and oxygen atoms in total. The third-order valence-corrected chi connectivity index (χ3v) is 3.35. The molecule has 2 unspecified atom stereocenters. The molecule has 1 aliphatic carbocycles. The van der Waals surface area contributed by atoms with Crippen molar-refractivity contribution in [2.75, 3.05) is 6.54 Å². The summed E-state index contributed by atoms with van der Waals surface area (Å²) in [5, 5.41) is 3.67. The van der Waals surface area contributed by atoms with Crippen LogP contribution in [0.4, 0.5) is 0 Å². The Morgan fingerprint density at radius 3 is 2.75 bits per heavy atom. The largest absolute Gasteiger partial charge is 0.313 e. The SMILES string of the molecule is CC(CNC1CC=CCC1)c1ccccc1. The fourth-order valence-corrected chi connectivity index (χ4v) is 2.22. The third-order valence-electron chi connectivity index (χ3n) is 3.35. The van der Waals surface area contributed by atoms with Crippen molar-refractivity contribution < 1.29 is 0 Å². The van der Waals surface area contributed by atoms with Crippen LogP contribution in [-0.4, -0.2) is 12.6 Å². The van der Waals surface area contributed by atoms with Crippen molar-refractivity contribution in [3.05, 3.63) is 48.0 Å². The highest BCUT2D eigenvalue weighted by atomic mass is 14.9. The van der Waals surface area contributed by atoms with Gasteiger partial charge in [0.2, 0.25) is 0 Å². The van der Waals surface area contributed by atoms with Crippen LogP contribution in [0.1, 0.15) is 37.7 Å². The van der Waals surface area contributed by atoms with Gasteiger partial charge in [0, 0.05) is 12.6 Å². The normalized spacial score (nSPS) is 21.9. The Kier molecular flexibility index (Phi) is 4.17. The molecule has 1 aromatic rings. The van der Waals surface area contributed by atoms with E-state index < -0.39 is 0 Å². The number of nitrogens with one attached hydrogen (secondary N) is 1. The van der Waals surface area contributed by atoms with Crippen LogP contribution in [0.5, 0.6) is 0 Å². The van der Waals surface area contributed by atoms with Crippen LogP contribution in [0.25, 0.3) is 0 Å². The number of benzene rings is 1. The molecule has 86 valence electrons. The number of rotatable bonds is 4. The number of allylic oxidation sites excluding steroid dienone is 1. The van der Waals surface area contributed by atoms with Crippen LogP contribution in [0, 0.1) is 0 Å². The van der Waals surface area contributed by atoms with E-state index in [4.69, 9.17) is 0 Å². The van der Waals surface area contributed by atoms with E-state index in [1.807, 2.05) is 0 Å². The molecule has 0 spiro atoms. The van der Waals surface area contributed by atoms with E-state index >= 15 is 0 Å². The first-order valence-electron chi connectivity index (χ1n) is 6.29. The van der Waals surface area contributed by atoms with Crippen molar-refractivity contribution >= 4 is 0 Å². The number of hydrogen-bond acceptors (Lipinski definition) is 1. The van der Waals surface area contributed by atoms with Crippen molar-refractivity contribution in [2.24, 2.45) is 0 Å².